The molecule has 102 heavy (non-hydrogen) atoms. The largest absolute Gasteiger partial charge is 0.292 e. The molecule has 15 aromatic carbocycles. The molecule has 4 aliphatic rings. The second-order valence-corrected chi connectivity index (χ2v) is 27.5. The highest BCUT2D eigenvalue weighted by Gasteiger charge is 2.53. The topological polar surface area (TPSA) is 61.4 Å². The number of fused-ring (bicyclic) bond motifs is 23. The number of para-hydroxylation sites is 2. The van der Waals surface area contributed by atoms with Crippen LogP contribution in [0.15, 0.2) is 352 Å². The van der Waals surface area contributed by atoms with Crippen molar-refractivity contribution in [3.8, 4) is 124 Å². The van der Waals surface area contributed by atoms with Gasteiger partial charge in [0.25, 0.3) is 0 Å². The van der Waals surface area contributed by atoms with Crippen LogP contribution in [0.3, 0.4) is 0 Å². The van der Waals surface area contributed by atoms with Gasteiger partial charge in [-0.25, -0.2) is 19.9 Å². The Labute approximate surface area is 589 Å². The molecular formula is C96H58N6. The van der Waals surface area contributed by atoms with Crippen LogP contribution in [-0.4, -0.2) is 29.1 Å². The second kappa shape index (κ2) is 21.5. The molecule has 0 atom stereocenters. The molecule has 0 radical (unpaired) electrons. The summed E-state index contributed by atoms with van der Waals surface area (Å²) in [6.07, 6.45) is 0. The fraction of sp³-hybridized carbons (Fsp3) is 0.0208. The molecule has 472 valence electrons. The lowest BCUT2D eigenvalue weighted by Crippen LogP contribution is -2.25. The Kier molecular flexibility index (Phi) is 11.9. The molecule has 0 amide bonds. The Hall–Kier alpha value is -13.4. The molecule has 0 aliphatic heterocycles. The van der Waals surface area contributed by atoms with Crippen molar-refractivity contribution >= 4 is 33.0 Å². The number of aromatic nitrogens is 6. The Morgan fingerprint density at radius 1 is 0.216 bits per heavy atom. The molecule has 0 saturated heterocycles. The first-order valence-electron chi connectivity index (χ1n) is 35.1. The average Bonchev–Trinajstić information content (AvgIpc) is 1.51. The summed E-state index contributed by atoms with van der Waals surface area (Å²) >= 11 is 0. The third kappa shape index (κ3) is 7.83. The van der Waals surface area contributed by atoms with Crippen LogP contribution in [0.5, 0.6) is 0 Å². The van der Waals surface area contributed by atoms with Gasteiger partial charge in [0.15, 0.2) is 5.82 Å². The number of rotatable bonds is 8. The van der Waals surface area contributed by atoms with Gasteiger partial charge in [-0.05, 0) is 185 Å². The van der Waals surface area contributed by atoms with Crippen molar-refractivity contribution in [1.29, 1.82) is 0 Å². The van der Waals surface area contributed by atoms with Crippen LogP contribution in [0.4, 0.5) is 0 Å². The van der Waals surface area contributed by atoms with Gasteiger partial charge in [-0.1, -0.05) is 273 Å². The molecular weight excluding hydrogens is 1240 g/mol. The van der Waals surface area contributed by atoms with Crippen LogP contribution >= 0.6 is 0 Å². The van der Waals surface area contributed by atoms with Gasteiger partial charge < -0.3 is 0 Å². The molecule has 3 aromatic heterocycles. The van der Waals surface area contributed by atoms with Gasteiger partial charge in [0.1, 0.15) is 11.6 Å². The summed E-state index contributed by atoms with van der Waals surface area (Å²) < 4.78 is 4.54. The minimum atomic E-state index is -0.584. The SMILES string of the molecule is c1ccc(-c2nc3cc(-c4nc(-c5ccc6c(c5)nc(-c5ccccc5)n6-c5ccccc5)c5cc(-c6ccc7c(c6)C6(c8ccccc8-c8ccccc86)c6ccccc6-7)cc(-c6ccc7c(c6)C6(c8ccccc8-c8ccccc86)c6ccccc6-7)c5n4)ccc3n2-c2ccccc2)cc1. The highest BCUT2D eigenvalue weighted by atomic mass is 15.1. The molecule has 6 heteroatoms. The van der Waals surface area contributed by atoms with E-state index in [4.69, 9.17) is 19.9 Å². The van der Waals surface area contributed by atoms with Crippen molar-refractivity contribution < 1.29 is 0 Å². The molecule has 0 saturated carbocycles. The molecule has 0 fully saturated rings. The summed E-state index contributed by atoms with van der Waals surface area (Å²) in [6, 6.07) is 129. The summed E-state index contributed by atoms with van der Waals surface area (Å²) in [6.45, 7) is 0. The molecule has 3 heterocycles. The maximum absolute atomic E-state index is 5.98. The van der Waals surface area contributed by atoms with Gasteiger partial charge in [0.05, 0.1) is 44.1 Å². The van der Waals surface area contributed by atoms with Gasteiger partial charge in [-0.3, -0.25) is 9.13 Å². The standard InChI is InChI=1S/C96H58N6/c1-5-25-59(26-6-1)93-97-86-57-63(47-51-88(86)101(93)66-29-9-3-10-30-66)90-77-54-65(61-45-49-74-72-37-17-23-43-82(72)95(84(74)55-61)78-39-19-13-33-68(78)69-34-14-20-40-79(69)95)53-76(62-46-50-75-73-38-18-24-44-83(73)96(85(75)56-62)80-41-21-15-35-70(80)71-36-16-22-42-81(71)96)91(77)100-92(99-90)64-48-52-89-87(58-64)98-94(60-27-7-2-8-28-60)102(89)67-31-11-4-12-32-67/h1-58H. The number of hydrogen-bond donors (Lipinski definition) is 0. The molecule has 0 bridgehead atoms. The first kappa shape index (κ1) is 56.6. The zero-order valence-electron chi connectivity index (χ0n) is 55.2. The van der Waals surface area contributed by atoms with Crippen LogP contribution < -0.4 is 0 Å². The Morgan fingerprint density at radius 2 is 0.569 bits per heavy atom. The minimum Gasteiger partial charge on any atom is -0.292 e. The Bertz CT molecular complexity index is 6440. The van der Waals surface area contributed by atoms with E-state index in [2.05, 4.69) is 361 Å². The number of nitrogens with zero attached hydrogens (tertiary/aromatic N) is 6. The average molecular weight is 1300 g/mol. The second-order valence-electron chi connectivity index (χ2n) is 27.5. The molecule has 18 aromatic rings. The normalized spacial score (nSPS) is 13.5. The Balaban J connectivity index is 0.841. The summed E-state index contributed by atoms with van der Waals surface area (Å²) in [5.74, 6) is 2.30. The summed E-state index contributed by atoms with van der Waals surface area (Å²) in [7, 11) is 0. The lowest BCUT2D eigenvalue weighted by molar-refractivity contribution is 0.794. The van der Waals surface area contributed by atoms with Crippen molar-refractivity contribution in [2.45, 2.75) is 10.8 Å². The van der Waals surface area contributed by atoms with Crippen molar-refractivity contribution in [3.05, 3.63) is 396 Å². The quantitative estimate of drug-likeness (QED) is 0.152. The number of benzene rings is 15. The molecule has 0 unspecified atom stereocenters. The van der Waals surface area contributed by atoms with E-state index in [9.17, 15) is 0 Å². The van der Waals surface area contributed by atoms with E-state index in [1.54, 1.807) is 0 Å². The van der Waals surface area contributed by atoms with E-state index in [1.807, 2.05) is 0 Å². The third-order valence-electron chi connectivity index (χ3n) is 22.4. The van der Waals surface area contributed by atoms with Crippen LogP contribution in [0.1, 0.15) is 44.5 Å². The summed E-state index contributed by atoms with van der Waals surface area (Å²) in [4.78, 5) is 23.0. The van der Waals surface area contributed by atoms with Gasteiger partial charge in [0, 0.05) is 44.6 Å². The van der Waals surface area contributed by atoms with E-state index in [0.29, 0.717) is 5.82 Å². The van der Waals surface area contributed by atoms with E-state index in [-0.39, 0.29) is 0 Å². The van der Waals surface area contributed by atoms with Gasteiger partial charge in [-0.15, -0.1) is 0 Å². The zero-order chi connectivity index (χ0) is 66.8. The molecule has 2 spiro atoms. The summed E-state index contributed by atoms with van der Waals surface area (Å²) in [5.41, 5.74) is 34.6. The minimum absolute atomic E-state index is 0.549. The maximum Gasteiger partial charge on any atom is 0.160 e. The lowest BCUT2D eigenvalue weighted by Gasteiger charge is -2.31. The van der Waals surface area contributed by atoms with Crippen LogP contribution in [0.25, 0.3) is 157 Å². The monoisotopic (exact) mass is 1290 g/mol. The van der Waals surface area contributed by atoms with Gasteiger partial charge >= 0.3 is 0 Å². The smallest absolute Gasteiger partial charge is 0.160 e. The van der Waals surface area contributed by atoms with Gasteiger partial charge in [0.2, 0.25) is 0 Å². The molecule has 0 N–H and O–H groups in total. The maximum atomic E-state index is 5.98. The highest BCUT2D eigenvalue weighted by molar-refractivity contribution is 6.07. The molecule has 4 aliphatic carbocycles. The Morgan fingerprint density at radius 3 is 1.01 bits per heavy atom. The lowest BCUT2D eigenvalue weighted by atomic mass is 9.70. The summed E-state index contributed by atoms with van der Waals surface area (Å²) in [5, 5.41) is 0.919. The van der Waals surface area contributed by atoms with E-state index >= 15 is 0 Å². The van der Waals surface area contributed by atoms with Crippen molar-refractivity contribution in [3.63, 3.8) is 0 Å². The van der Waals surface area contributed by atoms with E-state index in [1.165, 1.54) is 89.0 Å². The van der Waals surface area contributed by atoms with Crippen LogP contribution in [0.2, 0.25) is 0 Å². The highest BCUT2D eigenvalue weighted by Crippen LogP contribution is 2.65. The van der Waals surface area contributed by atoms with Crippen molar-refractivity contribution in [2.24, 2.45) is 0 Å². The fourth-order valence-electron chi connectivity index (χ4n) is 18.2. The third-order valence-corrected chi connectivity index (χ3v) is 22.4. The predicted octanol–water partition coefficient (Wildman–Crippen LogP) is 23.0. The molecule has 6 nitrogen and oxygen atoms in total. The number of imidazole rings is 2. The number of hydrogen-bond acceptors (Lipinski definition) is 4. The van der Waals surface area contributed by atoms with E-state index in [0.717, 1.165) is 106 Å². The zero-order valence-corrected chi connectivity index (χ0v) is 55.2. The van der Waals surface area contributed by atoms with Crippen molar-refractivity contribution in [2.75, 3.05) is 0 Å². The van der Waals surface area contributed by atoms with Crippen LogP contribution in [0, 0.1) is 0 Å². The predicted molar refractivity (Wildman–Crippen MR) is 414 cm³/mol. The van der Waals surface area contributed by atoms with Crippen molar-refractivity contribution in [1.82, 2.24) is 29.1 Å². The van der Waals surface area contributed by atoms with Crippen LogP contribution in [-0.2, 0) is 10.8 Å². The van der Waals surface area contributed by atoms with Gasteiger partial charge in [-0.2, -0.15) is 0 Å². The van der Waals surface area contributed by atoms with E-state index < -0.39 is 10.8 Å². The fourth-order valence-corrected chi connectivity index (χ4v) is 18.2. The molecule has 22 rings (SSSR count). The first-order valence-corrected chi connectivity index (χ1v) is 35.1. The first-order chi connectivity index (χ1) is 50.6.